The number of hydrogen-bond acceptors (Lipinski definition) is 1. The monoisotopic (exact) mass is 180 g/mol. The van der Waals surface area contributed by atoms with Crippen LogP contribution in [0, 0.1) is 5.92 Å². The van der Waals surface area contributed by atoms with E-state index in [9.17, 15) is 4.79 Å². The van der Waals surface area contributed by atoms with E-state index in [1.807, 2.05) is 0 Å². The Morgan fingerprint density at radius 2 is 2.30 bits per heavy atom. The van der Waals surface area contributed by atoms with Gasteiger partial charge in [-0.3, -0.25) is 4.79 Å². The van der Waals surface area contributed by atoms with Gasteiger partial charge in [-0.2, -0.15) is 0 Å². The predicted molar refractivity (Wildman–Crippen MR) is 42.5 cm³/mol. The van der Waals surface area contributed by atoms with Gasteiger partial charge in [0.2, 0.25) is 0 Å². The number of Topliss-reactive ketones (excluding diaryl/α,β-unsaturated/α-hetero) is 1. The smallest absolute Gasteiger partial charge is 0.179 e. The molecule has 1 fully saturated rings. The quantitative estimate of drug-likeness (QED) is 0.598. The SMILES string of the molecule is CCC[C@@H]1CC(=O)C1(Cl)Cl. The van der Waals surface area contributed by atoms with Gasteiger partial charge in [0, 0.05) is 12.3 Å². The number of rotatable bonds is 2. The molecule has 0 radical (unpaired) electrons. The second-order valence-corrected chi connectivity index (χ2v) is 4.12. The predicted octanol–water partition coefficient (Wildman–Crippen LogP) is 2.55. The fourth-order valence-corrected chi connectivity index (χ4v) is 1.74. The van der Waals surface area contributed by atoms with Gasteiger partial charge in [0.05, 0.1) is 0 Å². The zero-order valence-electron chi connectivity index (χ0n) is 5.86. The van der Waals surface area contributed by atoms with Crippen LogP contribution in [0.2, 0.25) is 0 Å². The lowest BCUT2D eigenvalue weighted by molar-refractivity contribution is -0.128. The third kappa shape index (κ3) is 1.17. The summed E-state index contributed by atoms with van der Waals surface area (Å²) in [4.78, 5) is 10.8. The molecule has 0 heterocycles. The minimum atomic E-state index is -1.05. The Morgan fingerprint density at radius 3 is 2.60 bits per heavy atom. The topological polar surface area (TPSA) is 17.1 Å². The van der Waals surface area contributed by atoms with Crippen molar-refractivity contribution in [3.8, 4) is 0 Å². The van der Waals surface area contributed by atoms with Gasteiger partial charge in [-0.15, -0.1) is 0 Å². The summed E-state index contributed by atoms with van der Waals surface area (Å²) in [6.07, 6.45) is 2.57. The van der Waals surface area contributed by atoms with Crippen LogP contribution in [0.4, 0.5) is 0 Å². The van der Waals surface area contributed by atoms with E-state index < -0.39 is 4.33 Å². The molecular formula is C7H10Cl2O. The van der Waals surface area contributed by atoms with Gasteiger partial charge in [0.1, 0.15) is 0 Å². The molecule has 0 aromatic carbocycles. The molecule has 1 rings (SSSR count). The van der Waals surface area contributed by atoms with Crippen LogP contribution < -0.4 is 0 Å². The summed E-state index contributed by atoms with van der Waals surface area (Å²) in [7, 11) is 0. The molecule has 0 saturated heterocycles. The number of halogens is 2. The zero-order valence-corrected chi connectivity index (χ0v) is 7.37. The molecule has 1 nitrogen and oxygen atoms in total. The molecule has 10 heavy (non-hydrogen) atoms. The first-order chi connectivity index (χ1) is 4.59. The first kappa shape index (κ1) is 8.35. The largest absolute Gasteiger partial charge is 0.296 e. The lowest BCUT2D eigenvalue weighted by Crippen LogP contribution is -2.47. The van der Waals surface area contributed by atoms with Crippen LogP contribution in [0.15, 0.2) is 0 Å². The molecule has 1 aliphatic rings. The van der Waals surface area contributed by atoms with Crippen molar-refractivity contribution in [1.29, 1.82) is 0 Å². The number of carbonyl (C=O) groups is 1. The van der Waals surface area contributed by atoms with Crippen molar-refractivity contribution in [2.24, 2.45) is 5.92 Å². The summed E-state index contributed by atoms with van der Waals surface area (Å²) in [5, 5.41) is 0. The third-order valence-corrected chi connectivity index (χ3v) is 2.99. The number of alkyl halides is 2. The molecule has 0 unspecified atom stereocenters. The number of carbonyl (C=O) groups excluding carboxylic acids is 1. The lowest BCUT2D eigenvalue weighted by Gasteiger charge is -2.37. The molecular weight excluding hydrogens is 171 g/mol. The normalized spacial score (nSPS) is 29.9. The van der Waals surface area contributed by atoms with Gasteiger partial charge in [0.15, 0.2) is 10.1 Å². The van der Waals surface area contributed by atoms with Crippen LogP contribution in [-0.2, 0) is 4.79 Å². The standard InChI is InChI=1S/C7H10Cl2O/c1-2-3-5-4-6(10)7(5,8)9/h5H,2-4H2,1H3/t5-/m1/s1. The Balaban J connectivity index is 2.46. The highest BCUT2D eigenvalue weighted by Crippen LogP contribution is 2.46. The summed E-state index contributed by atoms with van der Waals surface area (Å²) in [6.45, 7) is 2.06. The summed E-state index contributed by atoms with van der Waals surface area (Å²) in [5.41, 5.74) is 0. The van der Waals surface area contributed by atoms with Crippen LogP contribution in [0.3, 0.4) is 0 Å². The van der Waals surface area contributed by atoms with Crippen molar-refractivity contribution in [2.45, 2.75) is 30.5 Å². The molecule has 1 saturated carbocycles. The van der Waals surface area contributed by atoms with Gasteiger partial charge >= 0.3 is 0 Å². The van der Waals surface area contributed by atoms with Crippen LogP contribution in [0.5, 0.6) is 0 Å². The second-order valence-electron chi connectivity index (χ2n) is 2.74. The molecule has 58 valence electrons. The molecule has 3 heteroatoms. The summed E-state index contributed by atoms with van der Waals surface area (Å²) in [6, 6.07) is 0. The van der Waals surface area contributed by atoms with E-state index in [1.165, 1.54) is 0 Å². The fraction of sp³-hybridized carbons (Fsp3) is 0.857. The Hall–Kier alpha value is 0.250. The lowest BCUT2D eigenvalue weighted by atomic mass is 9.80. The molecule has 0 aromatic rings. The Bertz CT molecular complexity index is 154. The van der Waals surface area contributed by atoms with Gasteiger partial charge < -0.3 is 0 Å². The average molecular weight is 181 g/mol. The molecule has 1 aliphatic carbocycles. The zero-order chi connectivity index (χ0) is 7.78. The van der Waals surface area contributed by atoms with Crippen molar-refractivity contribution in [3.63, 3.8) is 0 Å². The highest BCUT2D eigenvalue weighted by molar-refractivity contribution is 6.60. The summed E-state index contributed by atoms with van der Waals surface area (Å²) < 4.78 is -1.05. The van der Waals surface area contributed by atoms with Crippen molar-refractivity contribution >= 4 is 29.0 Å². The number of hydrogen-bond donors (Lipinski definition) is 0. The maximum absolute atomic E-state index is 10.8. The van der Waals surface area contributed by atoms with Crippen molar-refractivity contribution < 1.29 is 4.79 Å². The van der Waals surface area contributed by atoms with Crippen LogP contribution in [0.1, 0.15) is 26.2 Å². The van der Waals surface area contributed by atoms with E-state index in [0.29, 0.717) is 6.42 Å². The van der Waals surface area contributed by atoms with E-state index in [-0.39, 0.29) is 11.7 Å². The first-order valence-electron chi connectivity index (χ1n) is 3.50. The van der Waals surface area contributed by atoms with Gasteiger partial charge in [-0.05, 0) is 6.42 Å². The van der Waals surface area contributed by atoms with Crippen molar-refractivity contribution in [3.05, 3.63) is 0 Å². The maximum atomic E-state index is 10.8. The van der Waals surface area contributed by atoms with Crippen molar-refractivity contribution in [2.75, 3.05) is 0 Å². The highest BCUT2D eigenvalue weighted by atomic mass is 35.5. The molecule has 0 aromatic heterocycles. The Kier molecular flexibility index (Phi) is 2.26. The minimum Gasteiger partial charge on any atom is -0.296 e. The van der Waals surface area contributed by atoms with Gasteiger partial charge in [-0.1, -0.05) is 36.5 Å². The van der Waals surface area contributed by atoms with E-state index in [0.717, 1.165) is 12.8 Å². The molecule has 0 amide bonds. The Labute approximate surface area is 70.7 Å². The van der Waals surface area contributed by atoms with Crippen LogP contribution in [-0.4, -0.2) is 10.1 Å². The van der Waals surface area contributed by atoms with Gasteiger partial charge in [-0.25, -0.2) is 0 Å². The van der Waals surface area contributed by atoms with Crippen LogP contribution >= 0.6 is 23.2 Å². The molecule has 0 aliphatic heterocycles. The fourth-order valence-electron chi connectivity index (χ4n) is 1.22. The highest BCUT2D eigenvalue weighted by Gasteiger charge is 2.51. The van der Waals surface area contributed by atoms with E-state index in [4.69, 9.17) is 23.2 Å². The van der Waals surface area contributed by atoms with E-state index in [1.54, 1.807) is 0 Å². The summed E-state index contributed by atoms with van der Waals surface area (Å²) >= 11 is 11.4. The molecule has 0 N–H and O–H groups in total. The maximum Gasteiger partial charge on any atom is 0.179 e. The third-order valence-electron chi connectivity index (χ3n) is 1.95. The Morgan fingerprint density at radius 1 is 1.70 bits per heavy atom. The summed E-state index contributed by atoms with van der Waals surface area (Å²) in [5.74, 6) is 0.183. The van der Waals surface area contributed by atoms with Crippen molar-refractivity contribution in [1.82, 2.24) is 0 Å². The number of ketones is 1. The minimum absolute atomic E-state index is 0.0192. The van der Waals surface area contributed by atoms with E-state index in [2.05, 4.69) is 6.92 Å². The average Bonchev–Trinajstić information content (AvgIpc) is 1.88. The first-order valence-corrected chi connectivity index (χ1v) is 4.25. The van der Waals surface area contributed by atoms with E-state index >= 15 is 0 Å². The molecule has 0 bridgehead atoms. The molecule has 0 spiro atoms. The molecule has 1 atom stereocenters. The van der Waals surface area contributed by atoms with Gasteiger partial charge in [0.25, 0.3) is 0 Å². The second kappa shape index (κ2) is 2.71. The van der Waals surface area contributed by atoms with Crippen LogP contribution in [0.25, 0.3) is 0 Å².